The Balaban J connectivity index is 1.69. The lowest BCUT2D eigenvalue weighted by Crippen LogP contribution is -2.42. The summed E-state index contributed by atoms with van der Waals surface area (Å²) >= 11 is 0. The van der Waals surface area contributed by atoms with Crippen LogP contribution in [0, 0.1) is 16.7 Å². The summed E-state index contributed by atoms with van der Waals surface area (Å²) in [6.45, 7) is 3.30. The van der Waals surface area contributed by atoms with Crippen molar-refractivity contribution in [3.8, 4) is 6.07 Å². The fourth-order valence-corrected chi connectivity index (χ4v) is 2.03. The van der Waals surface area contributed by atoms with E-state index in [-0.39, 0.29) is 5.41 Å². The minimum absolute atomic E-state index is 0.0172. The van der Waals surface area contributed by atoms with Gasteiger partial charge in [-0.25, -0.2) is 0 Å². The summed E-state index contributed by atoms with van der Waals surface area (Å²) in [4.78, 5) is 2.37. The summed E-state index contributed by atoms with van der Waals surface area (Å²) in [6, 6.07) is 3.08. The van der Waals surface area contributed by atoms with Crippen LogP contribution in [0.2, 0.25) is 0 Å². The van der Waals surface area contributed by atoms with Crippen LogP contribution in [-0.2, 0) is 0 Å². The number of likely N-dealkylation sites (tertiary alicyclic amines) is 1. The summed E-state index contributed by atoms with van der Waals surface area (Å²) < 4.78 is 0. The van der Waals surface area contributed by atoms with Gasteiger partial charge in [0.2, 0.25) is 0 Å². The van der Waals surface area contributed by atoms with Crippen molar-refractivity contribution >= 4 is 0 Å². The molecule has 0 aromatic heterocycles. The number of piperidine rings is 1. The summed E-state index contributed by atoms with van der Waals surface area (Å²) in [5.74, 6) is 0. The first-order chi connectivity index (χ1) is 6.74. The largest absolute Gasteiger partial charge is 0.312 e. The molecule has 0 bridgehead atoms. The predicted octanol–water partition coefficient (Wildman–Crippen LogP) is 0.974. The number of rotatable bonds is 3. The SMILES string of the molecule is CN1CCC(NCC2(C#N)CC2)CC1. The highest BCUT2D eigenvalue weighted by atomic mass is 15.1. The van der Waals surface area contributed by atoms with Crippen molar-refractivity contribution in [1.29, 1.82) is 5.26 Å². The van der Waals surface area contributed by atoms with Crippen LogP contribution in [0.15, 0.2) is 0 Å². The first-order valence-electron chi connectivity index (χ1n) is 5.57. The highest BCUT2D eigenvalue weighted by Crippen LogP contribution is 2.44. The quantitative estimate of drug-likeness (QED) is 0.726. The van der Waals surface area contributed by atoms with Crippen LogP contribution in [0.25, 0.3) is 0 Å². The average molecular weight is 193 g/mol. The van der Waals surface area contributed by atoms with Gasteiger partial charge in [-0.1, -0.05) is 0 Å². The van der Waals surface area contributed by atoms with Gasteiger partial charge in [-0.2, -0.15) is 5.26 Å². The summed E-state index contributed by atoms with van der Waals surface area (Å²) in [7, 11) is 2.17. The molecule has 0 spiro atoms. The van der Waals surface area contributed by atoms with E-state index in [2.05, 4.69) is 23.3 Å². The molecular weight excluding hydrogens is 174 g/mol. The number of nitrogens with zero attached hydrogens (tertiary/aromatic N) is 2. The molecule has 1 N–H and O–H groups in total. The Morgan fingerprint density at radius 3 is 2.57 bits per heavy atom. The Hall–Kier alpha value is -0.590. The van der Waals surface area contributed by atoms with E-state index in [4.69, 9.17) is 5.26 Å². The molecule has 0 atom stereocenters. The minimum atomic E-state index is 0.0172. The van der Waals surface area contributed by atoms with E-state index in [1.54, 1.807) is 0 Å². The third-order valence-electron chi connectivity index (χ3n) is 3.54. The molecule has 3 heteroatoms. The Kier molecular flexibility index (Phi) is 2.76. The lowest BCUT2D eigenvalue weighted by molar-refractivity contribution is 0.231. The monoisotopic (exact) mass is 193 g/mol. The van der Waals surface area contributed by atoms with Gasteiger partial charge in [0.15, 0.2) is 0 Å². The van der Waals surface area contributed by atoms with Gasteiger partial charge in [0.05, 0.1) is 11.5 Å². The van der Waals surface area contributed by atoms with E-state index in [0.29, 0.717) is 6.04 Å². The van der Waals surface area contributed by atoms with E-state index in [1.807, 2.05) is 0 Å². The molecule has 2 rings (SSSR count). The average Bonchev–Trinajstić information content (AvgIpc) is 2.98. The normalized spacial score (nSPS) is 27.1. The van der Waals surface area contributed by atoms with Gasteiger partial charge >= 0.3 is 0 Å². The molecule has 1 saturated carbocycles. The second kappa shape index (κ2) is 3.88. The predicted molar refractivity (Wildman–Crippen MR) is 55.8 cm³/mol. The molecule has 0 amide bonds. The summed E-state index contributed by atoms with van der Waals surface area (Å²) in [5.41, 5.74) is 0.0172. The van der Waals surface area contributed by atoms with Crippen LogP contribution in [0.5, 0.6) is 0 Å². The zero-order chi connectivity index (χ0) is 10.0. The number of hydrogen-bond acceptors (Lipinski definition) is 3. The highest BCUT2D eigenvalue weighted by Gasteiger charge is 2.43. The Morgan fingerprint density at radius 2 is 2.07 bits per heavy atom. The highest BCUT2D eigenvalue weighted by molar-refractivity contribution is 5.11. The van der Waals surface area contributed by atoms with Crippen LogP contribution in [0.3, 0.4) is 0 Å². The maximum absolute atomic E-state index is 8.93. The van der Waals surface area contributed by atoms with Crippen LogP contribution in [-0.4, -0.2) is 37.6 Å². The molecule has 2 fully saturated rings. The first kappa shape index (κ1) is 9.95. The fraction of sp³-hybridized carbons (Fsp3) is 0.909. The van der Waals surface area contributed by atoms with Gasteiger partial charge in [0.25, 0.3) is 0 Å². The zero-order valence-corrected chi connectivity index (χ0v) is 8.92. The zero-order valence-electron chi connectivity index (χ0n) is 8.92. The van der Waals surface area contributed by atoms with Gasteiger partial charge in [0, 0.05) is 12.6 Å². The molecule has 1 aliphatic heterocycles. The Morgan fingerprint density at radius 1 is 1.43 bits per heavy atom. The summed E-state index contributed by atoms with van der Waals surface area (Å²) in [5, 5.41) is 12.5. The molecule has 3 nitrogen and oxygen atoms in total. The second-order valence-electron chi connectivity index (χ2n) is 4.85. The first-order valence-corrected chi connectivity index (χ1v) is 5.57. The van der Waals surface area contributed by atoms with E-state index in [9.17, 15) is 0 Å². The minimum Gasteiger partial charge on any atom is -0.312 e. The maximum atomic E-state index is 8.93. The van der Waals surface area contributed by atoms with Crippen molar-refractivity contribution in [2.45, 2.75) is 31.7 Å². The molecule has 78 valence electrons. The molecule has 14 heavy (non-hydrogen) atoms. The van der Waals surface area contributed by atoms with E-state index < -0.39 is 0 Å². The third kappa shape index (κ3) is 2.26. The van der Waals surface area contributed by atoms with Gasteiger partial charge in [-0.3, -0.25) is 0 Å². The van der Waals surface area contributed by atoms with Crippen LogP contribution < -0.4 is 5.32 Å². The van der Waals surface area contributed by atoms with E-state index >= 15 is 0 Å². The number of hydrogen-bond donors (Lipinski definition) is 1. The standard InChI is InChI=1S/C11H19N3/c1-14-6-2-10(3-7-14)13-9-11(8-12)4-5-11/h10,13H,2-7,9H2,1H3. The molecular formula is C11H19N3. The molecule has 1 aliphatic carbocycles. The fourth-order valence-electron chi connectivity index (χ4n) is 2.03. The van der Waals surface area contributed by atoms with Gasteiger partial charge in [-0.15, -0.1) is 0 Å². The summed E-state index contributed by atoms with van der Waals surface area (Å²) in [6.07, 6.45) is 4.67. The Labute approximate surface area is 86.1 Å². The van der Waals surface area contributed by atoms with Crippen molar-refractivity contribution in [2.24, 2.45) is 5.41 Å². The second-order valence-corrected chi connectivity index (χ2v) is 4.85. The Bertz CT molecular complexity index is 231. The van der Waals surface area contributed by atoms with Crippen molar-refractivity contribution in [1.82, 2.24) is 10.2 Å². The van der Waals surface area contributed by atoms with Crippen LogP contribution in [0.4, 0.5) is 0 Å². The molecule has 0 unspecified atom stereocenters. The van der Waals surface area contributed by atoms with Gasteiger partial charge < -0.3 is 10.2 Å². The molecule has 0 radical (unpaired) electrons. The lowest BCUT2D eigenvalue weighted by Gasteiger charge is -2.30. The smallest absolute Gasteiger partial charge is 0.0703 e. The topological polar surface area (TPSA) is 39.1 Å². The van der Waals surface area contributed by atoms with Gasteiger partial charge in [0.1, 0.15) is 0 Å². The van der Waals surface area contributed by atoms with Crippen molar-refractivity contribution in [3.63, 3.8) is 0 Å². The third-order valence-corrected chi connectivity index (χ3v) is 3.54. The molecule has 0 aromatic carbocycles. The van der Waals surface area contributed by atoms with Gasteiger partial charge in [-0.05, 0) is 45.8 Å². The molecule has 1 heterocycles. The lowest BCUT2D eigenvalue weighted by atomic mass is 10.0. The molecule has 0 aromatic rings. The maximum Gasteiger partial charge on any atom is 0.0703 e. The van der Waals surface area contributed by atoms with E-state index in [0.717, 1.165) is 19.4 Å². The van der Waals surface area contributed by atoms with E-state index in [1.165, 1.54) is 25.9 Å². The van der Waals surface area contributed by atoms with Crippen LogP contribution in [0.1, 0.15) is 25.7 Å². The van der Waals surface area contributed by atoms with Crippen molar-refractivity contribution in [2.75, 3.05) is 26.7 Å². The van der Waals surface area contributed by atoms with Crippen molar-refractivity contribution < 1.29 is 0 Å². The van der Waals surface area contributed by atoms with Crippen LogP contribution >= 0.6 is 0 Å². The number of nitrogens with one attached hydrogen (secondary N) is 1. The molecule has 2 aliphatic rings. The van der Waals surface area contributed by atoms with Crippen molar-refractivity contribution in [3.05, 3.63) is 0 Å². The molecule has 1 saturated heterocycles. The number of nitriles is 1.